The van der Waals surface area contributed by atoms with Crippen LogP contribution in [0, 0.1) is 6.92 Å². The molecule has 0 bridgehead atoms. The zero-order chi connectivity index (χ0) is 12.3. The zero-order valence-corrected chi connectivity index (χ0v) is 9.93. The second-order valence-electron chi connectivity index (χ2n) is 4.11. The number of aryl methyl sites for hydroxylation is 1. The van der Waals surface area contributed by atoms with Gasteiger partial charge in [-0.15, -0.1) is 0 Å². The first-order chi connectivity index (χ1) is 8.20. The van der Waals surface area contributed by atoms with Gasteiger partial charge in [-0.1, -0.05) is 24.3 Å². The van der Waals surface area contributed by atoms with Gasteiger partial charge in [0.25, 0.3) is 0 Å². The fourth-order valence-corrected chi connectivity index (χ4v) is 1.85. The fourth-order valence-electron chi connectivity index (χ4n) is 1.85. The van der Waals surface area contributed by atoms with Crippen LogP contribution in [0.15, 0.2) is 30.3 Å². The Morgan fingerprint density at radius 1 is 1.35 bits per heavy atom. The van der Waals surface area contributed by atoms with Crippen molar-refractivity contribution in [3.63, 3.8) is 0 Å². The van der Waals surface area contributed by atoms with E-state index in [4.69, 9.17) is 10.8 Å². The molecule has 0 saturated heterocycles. The summed E-state index contributed by atoms with van der Waals surface area (Å²) in [6.07, 6.45) is 0.773. The second kappa shape index (κ2) is 5.01. The van der Waals surface area contributed by atoms with Crippen molar-refractivity contribution in [2.24, 2.45) is 0 Å². The minimum atomic E-state index is 0.0513. The first-order valence-corrected chi connectivity index (χ1v) is 5.68. The third kappa shape index (κ3) is 2.65. The van der Waals surface area contributed by atoms with E-state index < -0.39 is 0 Å². The highest BCUT2D eigenvalue weighted by Crippen LogP contribution is 2.14. The Bertz CT molecular complexity index is 505. The highest BCUT2D eigenvalue weighted by Gasteiger charge is 2.06. The highest BCUT2D eigenvalue weighted by atomic mass is 16.3. The summed E-state index contributed by atoms with van der Waals surface area (Å²) < 4.78 is 1.63. The lowest BCUT2D eigenvalue weighted by Gasteiger charge is -2.02. The van der Waals surface area contributed by atoms with Gasteiger partial charge in [0.1, 0.15) is 5.82 Å². The smallest absolute Gasteiger partial charge is 0.122 e. The zero-order valence-electron chi connectivity index (χ0n) is 9.93. The molecule has 0 radical (unpaired) electrons. The van der Waals surface area contributed by atoms with E-state index in [-0.39, 0.29) is 6.61 Å². The number of rotatable bonds is 4. The number of aliphatic hydroxyl groups is 1. The summed E-state index contributed by atoms with van der Waals surface area (Å²) in [5.41, 5.74) is 9.25. The predicted octanol–water partition coefficient (Wildman–Crippen LogP) is 1.36. The lowest BCUT2D eigenvalue weighted by Crippen LogP contribution is -2.07. The van der Waals surface area contributed by atoms with Gasteiger partial charge in [0.2, 0.25) is 0 Å². The number of hydrogen-bond acceptors (Lipinski definition) is 3. The number of nitrogens with zero attached hydrogens (tertiary/aromatic N) is 2. The van der Waals surface area contributed by atoms with Crippen LogP contribution in [0.1, 0.15) is 16.8 Å². The standard InChI is InChI=1S/C13H17N3O/c1-10-4-2-3-5-11(10)8-12-9-13(14)16(15-12)6-7-17/h2-5,9,17H,6-8,14H2,1H3. The molecule has 0 aliphatic carbocycles. The molecule has 2 aromatic rings. The summed E-state index contributed by atoms with van der Waals surface area (Å²) in [6.45, 7) is 2.58. The van der Waals surface area contributed by atoms with Gasteiger partial charge in [-0.25, -0.2) is 4.68 Å². The van der Waals surface area contributed by atoms with E-state index in [2.05, 4.69) is 24.2 Å². The number of nitrogens with two attached hydrogens (primary N) is 1. The molecule has 4 nitrogen and oxygen atoms in total. The van der Waals surface area contributed by atoms with Gasteiger partial charge in [0.05, 0.1) is 18.8 Å². The monoisotopic (exact) mass is 231 g/mol. The first kappa shape index (κ1) is 11.7. The molecule has 0 spiro atoms. The Hall–Kier alpha value is -1.81. The molecule has 1 aromatic heterocycles. The quantitative estimate of drug-likeness (QED) is 0.835. The van der Waals surface area contributed by atoms with E-state index in [9.17, 15) is 0 Å². The second-order valence-corrected chi connectivity index (χ2v) is 4.11. The van der Waals surface area contributed by atoms with Gasteiger partial charge in [0, 0.05) is 12.5 Å². The molecule has 0 atom stereocenters. The van der Waals surface area contributed by atoms with E-state index >= 15 is 0 Å². The fraction of sp³-hybridized carbons (Fsp3) is 0.308. The van der Waals surface area contributed by atoms with Crippen LogP contribution in [-0.2, 0) is 13.0 Å². The average molecular weight is 231 g/mol. The molecule has 3 N–H and O–H groups in total. The van der Waals surface area contributed by atoms with Crippen molar-refractivity contribution < 1.29 is 5.11 Å². The van der Waals surface area contributed by atoms with E-state index in [0.717, 1.165) is 12.1 Å². The molecule has 0 fully saturated rings. The van der Waals surface area contributed by atoms with Gasteiger partial charge >= 0.3 is 0 Å². The molecule has 0 unspecified atom stereocenters. The summed E-state index contributed by atoms with van der Waals surface area (Å²) in [4.78, 5) is 0. The lowest BCUT2D eigenvalue weighted by molar-refractivity contribution is 0.270. The number of benzene rings is 1. The Labute approximate surface area is 101 Å². The van der Waals surface area contributed by atoms with Gasteiger partial charge in [-0.05, 0) is 18.1 Å². The van der Waals surface area contributed by atoms with Crippen LogP contribution >= 0.6 is 0 Å². The van der Waals surface area contributed by atoms with E-state index in [1.165, 1.54) is 11.1 Å². The van der Waals surface area contributed by atoms with Crippen molar-refractivity contribution in [1.29, 1.82) is 0 Å². The largest absolute Gasteiger partial charge is 0.394 e. The molecule has 0 amide bonds. The summed E-state index contributed by atoms with van der Waals surface area (Å²) in [6, 6.07) is 10.1. The maximum Gasteiger partial charge on any atom is 0.122 e. The molecular formula is C13H17N3O. The molecule has 4 heteroatoms. The van der Waals surface area contributed by atoms with Crippen molar-refractivity contribution in [1.82, 2.24) is 9.78 Å². The van der Waals surface area contributed by atoms with Crippen molar-refractivity contribution in [3.8, 4) is 0 Å². The van der Waals surface area contributed by atoms with E-state index in [1.807, 2.05) is 18.2 Å². The molecule has 1 aromatic carbocycles. The van der Waals surface area contributed by atoms with Gasteiger partial charge < -0.3 is 10.8 Å². The maximum absolute atomic E-state index is 8.87. The SMILES string of the molecule is Cc1ccccc1Cc1cc(N)n(CCO)n1. The van der Waals surface area contributed by atoms with Gasteiger partial charge in [-0.2, -0.15) is 5.10 Å². The average Bonchev–Trinajstić information content (AvgIpc) is 2.63. The van der Waals surface area contributed by atoms with Crippen LogP contribution in [0.4, 0.5) is 5.82 Å². The summed E-state index contributed by atoms with van der Waals surface area (Å²) >= 11 is 0. The number of hydrogen-bond donors (Lipinski definition) is 2. The molecule has 0 saturated carbocycles. The minimum Gasteiger partial charge on any atom is -0.394 e. The van der Waals surface area contributed by atoms with Crippen molar-refractivity contribution >= 4 is 5.82 Å². The van der Waals surface area contributed by atoms with Crippen LogP contribution in [0.25, 0.3) is 0 Å². The molecule has 1 heterocycles. The molecule has 0 aliphatic heterocycles. The molecular weight excluding hydrogens is 214 g/mol. The van der Waals surface area contributed by atoms with Crippen LogP contribution in [0.2, 0.25) is 0 Å². The number of aliphatic hydroxyl groups excluding tert-OH is 1. The number of aromatic nitrogens is 2. The third-order valence-corrected chi connectivity index (χ3v) is 2.81. The first-order valence-electron chi connectivity index (χ1n) is 5.68. The van der Waals surface area contributed by atoms with Crippen LogP contribution in [0.3, 0.4) is 0 Å². The lowest BCUT2D eigenvalue weighted by atomic mass is 10.0. The normalized spacial score (nSPS) is 10.7. The van der Waals surface area contributed by atoms with E-state index in [1.54, 1.807) is 4.68 Å². The van der Waals surface area contributed by atoms with Gasteiger partial charge in [0.15, 0.2) is 0 Å². The minimum absolute atomic E-state index is 0.0513. The molecule has 2 rings (SSSR count). The van der Waals surface area contributed by atoms with Gasteiger partial charge in [-0.3, -0.25) is 0 Å². The Kier molecular flexibility index (Phi) is 3.44. The topological polar surface area (TPSA) is 64.1 Å². The summed E-state index contributed by atoms with van der Waals surface area (Å²) in [5.74, 6) is 0.600. The Morgan fingerprint density at radius 3 is 2.82 bits per heavy atom. The number of anilines is 1. The highest BCUT2D eigenvalue weighted by molar-refractivity contribution is 5.35. The Morgan fingerprint density at radius 2 is 2.12 bits per heavy atom. The summed E-state index contributed by atoms with van der Waals surface area (Å²) in [7, 11) is 0. The van der Waals surface area contributed by atoms with Crippen LogP contribution in [-0.4, -0.2) is 21.5 Å². The third-order valence-electron chi connectivity index (χ3n) is 2.81. The molecule has 17 heavy (non-hydrogen) atoms. The van der Waals surface area contributed by atoms with Crippen LogP contribution < -0.4 is 5.73 Å². The predicted molar refractivity (Wildman–Crippen MR) is 67.7 cm³/mol. The van der Waals surface area contributed by atoms with Crippen molar-refractivity contribution in [3.05, 3.63) is 47.2 Å². The molecule has 90 valence electrons. The van der Waals surface area contributed by atoms with Crippen molar-refractivity contribution in [2.75, 3.05) is 12.3 Å². The Balaban J connectivity index is 2.19. The molecule has 0 aliphatic rings. The summed E-state index contributed by atoms with van der Waals surface area (Å²) in [5, 5.41) is 13.2. The van der Waals surface area contributed by atoms with E-state index in [0.29, 0.717) is 12.4 Å². The van der Waals surface area contributed by atoms with Crippen LogP contribution in [0.5, 0.6) is 0 Å². The maximum atomic E-state index is 8.87. The van der Waals surface area contributed by atoms with Crippen molar-refractivity contribution in [2.45, 2.75) is 19.9 Å². The number of nitrogen functional groups attached to an aromatic ring is 1.